The number of fused-ring (bicyclic) bond motifs is 1. The van der Waals surface area contributed by atoms with Crippen LogP contribution in [-0.2, 0) is 10.1 Å². The molecule has 1 aromatic heterocycles. The minimum atomic E-state index is -4.49. The average molecular weight is 491 g/mol. The van der Waals surface area contributed by atoms with Crippen LogP contribution in [0.2, 0.25) is 0 Å². The predicted octanol–water partition coefficient (Wildman–Crippen LogP) is 6.06. The van der Waals surface area contributed by atoms with Gasteiger partial charge >= 0.3 is 0 Å². The van der Waals surface area contributed by atoms with Crippen molar-refractivity contribution in [1.82, 2.24) is 4.98 Å². The van der Waals surface area contributed by atoms with Gasteiger partial charge in [-0.1, -0.05) is 55.5 Å². The van der Waals surface area contributed by atoms with E-state index >= 15 is 0 Å². The van der Waals surface area contributed by atoms with E-state index in [4.69, 9.17) is 14.1 Å². The first kappa shape index (κ1) is 24.4. The van der Waals surface area contributed by atoms with E-state index in [0.717, 1.165) is 29.8 Å². The number of methoxy groups -OCH3 is 1. The van der Waals surface area contributed by atoms with Crippen molar-refractivity contribution in [2.75, 3.05) is 13.7 Å². The lowest BCUT2D eigenvalue weighted by atomic mass is 9.98. The third-order valence-electron chi connectivity index (χ3n) is 5.47. The fourth-order valence-corrected chi connectivity index (χ4v) is 4.78. The van der Waals surface area contributed by atoms with E-state index in [1.165, 1.54) is 13.2 Å². The molecule has 7 nitrogen and oxygen atoms in total. The molecule has 0 aliphatic heterocycles. The normalized spacial score (nSPS) is 16.5. The Morgan fingerprint density at radius 1 is 1.20 bits per heavy atom. The van der Waals surface area contributed by atoms with Gasteiger partial charge in [-0.05, 0) is 36.9 Å². The number of hydrogen-bond donors (Lipinski definition) is 1. The average Bonchev–Trinajstić information content (AvgIpc) is 3.34. The van der Waals surface area contributed by atoms with Gasteiger partial charge in [0.15, 0.2) is 5.76 Å². The molecule has 1 N–H and O–H groups in total. The van der Waals surface area contributed by atoms with Gasteiger partial charge in [-0.3, -0.25) is 9.55 Å². The second-order valence-electron chi connectivity index (χ2n) is 7.85. The van der Waals surface area contributed by atoms with Crippen LogP contribution in [0.3, 0.4) is 0 Å². The first-order valence-electron chi connectivity index (χ1n) is 11.2. The van der Waals surface area contributed by atoms with Crippen LogP contribution in [0.5, 0.6) is 5.75 Å². The number of oxazole rings is 1. The molecule has 0 spiro atoms. The summed E-state index contributed by atoms with van der Waals surface area (Å²) in [6.07, 6.45) is 14.3. The van der Waals surface area contributed by atoms with Crippen molar-refractivity contribution in [1.29, 1.82) is 0 Å². The van der Waals surface area contributed by atoms with Crippen LogP contribution in [0.25, 0.3) is 27.7 Å². The minimum Gasteiger partial charge on any atom is -0.495 e. The number of aromatic nitrogens is 1. The Hall–Kier alpha value is -3.75. The molecule has 0 saturated carbocycles. The second-order valence-corrected chi connectivity index (χ2v) is 9.21. The number of aliphatic imine (C=N–C) groups is 1. The van der Waals surface area contributed by atoms with E-state index in [1.54, 1.807) is 30.5 Å². The van der Waals surface area contributed by atoms with Crippen molar-refractivity contribution in [2.45, 2.75) is 25.2 Å². The first-order chi connectivity index (χ1) is 16.9. The lowest BCUT2D eigenvalue weighted by molar-refractivity contribution is 0.399. The van der Waals surface area contributed by atoms with Gasteiger partial charge in [0.05, 0.1) is 19.0 Å². The summed E-state index contributed by atoms with van der Waals surface area (Å²) in [4.78, 5) is 8.95. The molecule has 2 aromatic carbocycles. The second kappa shape index (κ2) is 10.2. The highest BCUT2D eigenvalue weighted by atomic mass is 32.2. The number of nitrogens with zero attached hydrogens (tertiary/aromatic N) is 2. The molecular weight excluding hydrogens is 464 g/mol. The molecule has 4 rings (SSSR count). The monoisotopic (exact) mass is 490 g/mol. The number of hydrogen-bond acceptors (Lipinski definition) is 6. The van der Waals surface area contributed by atoms with Gasteiger partial charge in [-0.15, -0.1) is 0 Å². The zero-order chi connectivity index (χ0) is 25.0. The summed E-state index contributed by atoms with van der Waals surface area (Å²) >= 11 is 0. The van der Waals surface area contributed by atoms with Crippen molar-refractivity contribution < 1.29 is 22.1 Å². The van der Waals surface area contributed by atoms with Crippen LogP contribution in [0.15, 0.2) is 92.9 Å². The van der Waals surface area contributed by atoms with Gasteiger partial charge < -0.3 is 9.15 Å². The van der Waals surface area contributed by atoms with Gasteiger partial charge in [-0.2, -0.15) is 8.42 Å². The van der Waals surface area contributed by atoms with Crippen LogP contribution in [0, 0.1) is 0 Å². The van der Waals surface area contributed by atoms with Gasteiger partial charge in [0, 0.05) is 28.6 Å². The van der Waals surface area contributed by atoms with E-state index in [1.807, 2.05) is 43.4 Å². The van der Waals surface area contributed by atoms with E-state index in [-0.39, 0.29) is 10.6 Å². The van der Waals surface area contributed by atoms with Crippen molar-refractivity contribution in [3.8, 4) is 17.1 Å². The lowest BCUT2D eigenvalue weighted by Gasteiger charge is -2.11. The molecular formula is C27H26N2O5S. The van der Waals surface area contributed by atoms with Crippen LogP contribution >= 0.6 is 0 Å². The van der Waals surface area contributed by atoms with Crippen molar-refractivity contribution >= 4 is 32.2 Å². The number of rotatable bonds is 7. The Balaban J connectivity index is 1.80. The van der Waals surface area contributed by atoms with Crippen LogP contribution in [-0.4, -0.2) is 37.3 Å². The van der Waals surface area contributed by atoms with Crippen molar-refractivity contribution in [3.05, 3.63) is 84.4 Å². The molecule has 0 bridgehead atoms. The van der Waals surface area contributed by atoms with E-state index in [0.29, 0.717) is 28.0 Å². The maximum atomic E-state index is 12.0. The highest BCUT2D eigenvalue weighted by Gasteiger charge is 2.21. The fraction of sp³-hybridized carbons (Fsp3) is 0.185. The Bertz CT molecular complexity index is 1520. The number of benzene rings is 2. The van der Waals surface area contributed by atoms with Gasteiger partial charge in [0.1, 0.15) is 10.6 Å². The molecule has 0 fully saturated rings. The first-order valence-corrected chi connectivity index (χ1v) is 12.6. The third kappa shape index (κ3) is 5.03. The Labute approximate surface area is 204 Å². The number of ether oxygens (including phenoxy) is 1. The SMILES string of the molecule is C\C=C/C(=C1/C=CC=C/C1=N\CCC)c1ncc(-c2ccc3c(S(=O)(=O)O)c(OC)ccc3c2)o1. The van der Waals surface area contributed by atoms with E-state index in [9.17, 15) is 13.0 Å². The standard InChI is InChI=1S/C27H26N2O5S/c1-4-8-22(21-9-6-7-10-23(21)28-15-5-2)27-29-17-25(34-27)19-11-13-20-18(16-19)12-14-24(33-3)26(20)35(30,31)32/h4,6-14,16-17H,5,15H2,1-3H3,(H,30,31,32)/b8-4-,22-21+,28-23+. The Kier molecular flexibility index (Phi) is 7.14. The third-order valence-corrected chi connectivity index (χ3v) is 6.40. The zero-order valence-electron chi connectivity index (χ0n) is 19.7. The molecule has 0 radical (unpaired) electrons. The molecule has 1 heterocycles. The van der Waals surface area contributed by atoms with E-state index in [2.05, 4.69) is 11.9 Å². The molecule has 0 amide bonds. The molecule has 1 aliphatic carbocycles. The highest BCUT2D eigenvalue weighted by Crippen LogP contribution is 2.35. The van der Waals surface area contributed by atoms with E-state index < -0.39 is 10.1 Å². The molecule has 180 valence electrons. The summed E-state index contributed by atoms with van der Waals surface area (Å²) in [6.45, 7) is 4.74. The van der Waals surface area contributed by atoms with Crippen molar-refractivity contribution in [2.24, 2.45) is 4.99 Å². The zero-order valence-corrected chi connectivity index (χ0v) is 20.5. The van der Waals surface area contributed by atoms with Crippen molar-refractivity contribution in [3.63, 3.8) is 0 Å². The molecule has 8 heteroatoms. The summed E-state index contributed by atoms with van der Waals surface area (Å²) in [5.74, 6) is 1.05. The summed E-state index contributed by atoms with van der Waals surface area (Å²) in [5, 5.41) is 0.957. The predicted molar refractivity (Wildman–Crippen MR) is 138 cm³/mol. The summed E-state index contributed by atoms with van der Waals surface area (Å²) in [6, 6.07) is 8.37. The maximum absolute atomic E-state index is 12.0. The summed E-state index contributed by atoms with van der Waals surface area (Å²) in [5.41, 5.74) is 3.33. The largest absolute Gasteiger partial charge is 0.495 e. The lowest BCUT2D eigenvalue weighted by Crippen LogP contribution is -2.04. The Morgan fingerprint density at radius 2 is 2.00 bits per heavy atom. The fourth-order valence-electron chi connectivity index (χ4n) is 3.91. The van der Waals surface area contributed by atoms with Gasteiger partial charge in [0.2, 0.25) is 5.89 Å². The number of allylic oxidation sites excluding steroid dienone is 8. The molecule has 35 heavy (non-hydrogen) atoms. The molecule has 3 aromatic rings. The molecule has 0 atom stereocenters. The highest BCUT2D eigenvalue weighted by molar-refractivity contribution is 7.86. The minimum absolute atomic E-state index is 0.0763. The maximum Gasteiger partial charge on any atom is 0.298 e. The molecule has 0 unspecified atom stereocenters. The van der Waals surface area contributed by atoms with Crippen LogP contribution in [0.4, 0.5) is 0 Å². The van der Waals surface area contributed by atoms with Crippen LogP contribution < -0.4 is 4.74 Å². The van der Waals surface area contributed by atoms with Gasteiger partial charge in [-0.25, -0.2) is 4.98 Å². The molecule has 0 saturated heterocycles. The molecule has 1 aliphatic rings. The van der Waals surface area contributed by atoms with Crippen LogP contribution in [0.1, 0.15) is 26.2 Å². The smallest absolute Gasteiger partial charge is 0.298 e. The topological polar surface area (TPSA) is 102 Å². The summed E-state index contributed by atoms with van der Waals surface area (Å²) < 4.78 is 45.0. The summed E-state index contributed by atoms with van der Waals surface area (Å²) in [7, 11) is -3.13. The Morgan fingerprint density at radius 3 is 2.71 bits per heavy atom. The van der Waals surface area contributed by atoms with Gasteiger partial charge in [0.25, 0.3) is 10.1 Å². The quantitative estimate of drug-likeness (QED) is 0.404.